The Labute approximate surface area is 106 Å². The maximum atomic E-state index is 12.3. The van der Waals surface area contributed by atoms with Crippen molar-refractivity contribution in [3.05, 3.63) is 53.6 Å². The normalized spacial score (nSPS) is 10.1. The summed E-state index contributed by atoms with van der Waals surface area (Å²) in [5.74, 6) is 1.01. The molecule has 1 heterocycles. The Kier molecular flexibility index (Phi) is 3.67. The summed E-state index contributed by atoms with van der Waals surface area (Å²) in [4.78, 5) is 20.4. The van der Waals surface area contributed by atoms with Crippen molar-refractivity contribution in [1.29, 1.82) is 0 Å². The van der Waals surface area contributed by atoms with E-state index in [0.29, 0.717) is 29.4 Å². The highest BCUT2D eigenvalue weighted by atomic mass is 16.5. The molecule has 2 aromatic rings. The molecule has 0 fully saturated rings. The van der Waals surface area contributed by atoms with Crippen LogP contribution in [0.15, 0.2) is 36.5 Å². The minimum atomic E-state index is -0.149. The molecule has 1 aromatic heterocycles. The van der Waals surface area contributed by atoms with Crippen molar-refractivity contribution in [2.75, 3.05) is 6.61 Å². The fraction of sp³-hybridized carbons (Fsp3) is 0.214. The molecule has 0 saturated heterocycles. The molecular weight excluding hydrogens is 228 g/mol. The maximum Gasteiger partial charge on any atom is 0.215 e. The van der Waals surface area contributed by atoms with Crippen molar-refractivity contribution >= 4 is 5.78 Å². The van der Waals surface area contributed by atoms with Crippen LogP contribution >= 0.6 is 0 Å². The van der Waals surface area contributed by atoms with E-state index in [1.165, 1.54) is 0 Å². The van der Waals surface area contributed by atoms with Gasteiger partial charge in [0.25, 0.3) is 0 Å². The Balaban J connectivity index is 2.40. The summed E-state index contributed by atoms with van der Waals surface area (Å²) in [5.41, 5.74) is 0.909. The van der Waals surface area contributed by atoms with Gasteiger partial charge in [0.2, 0.25) is 5.78 Å². The van der Waals surface area contributed by atoms with Crippen molar-refractivity contribution in [3.8, 4) is 5.75 Å². The molecule has 4 nitrogen and oxygen atoms in total. The molecule has 0 aliphatic heterocycles. The summed E-state index contributed by atoms with van der Waals surface area (Å²) in [6.07, 6.45) is 1.58. The summed E-state index contributed by atoms with van der Waals surface area (Å²) in [6, 6.07) is 8.78. The molecule has 0 saturated carbocycles. The first-order valence-electron chi connectivity index (χ1n) is 5.78. The van der Waals surface area contributed by atoms with Gasteiger partial charge in [0.15, 0.2) is 0 Å². The topological polar surface area (TPSA) is 52.1 Å². The fourth-order valence-electron chi connectivity index (χ4n) is 1.66. The van der Waals surface area contributed by atoms with E-state index in [4.69, 9.17) is 4.74 Å². The molecule has 18 heavy (non-hydrogen) atoms. The van der Waals surface area contributed by atoms with Crippen LogP contribution in [0.1, 0.15) is 28.8 Å². The van der Waals surface area contributed by atoms with E-state index < -0.39 is 0 Å². The monoisotopic (exact) mass is 242 g/mol. The second kappa shape index (κ2) is 5.40. The Morgan fingerprint density at radius 2 is 2.06 bits per heavy atom. The number of nitrogens with zero attached hydrogens (tertiary/aromatic N) is 2. The molecule has 2 rings (SSSR count). The minimum absolute atomic E-state index is 0.149. The SMILES string of the molecule is CCOc1ccccc1C(=O)c1ccnc(C)n1. The number of benzene rings is 1. The highest BCUT2D eigenvalue weighted by Crippen LogP contribution is 2.20. The summed E-state index contributed by atoms with van der Waals surface area (Å²) in [5, 5.41) is 0. The van der Waals surface area contributed by atoms with Crippen LogP contribution in [0.3, 0.4) is 0 Å². The quantitative estimate of drug-likeness (QED) is 0.772. The summed E-state index contributed by atoms with van der Waals surface area (Å²) in [7, 11) is 0. The van der Waals surface area contributed by atoms with Crippen molar-refractivity contribution < 1.29 is 9.53 Å². The molecule has 0 bridgehead atoms. The van der Waals surface area contributed by atoms with E-state index in [2.05, 4.69) is 9.97 Å². The number of hydrogen-bond acceptors (Lipinski definition) is 4. The van der Waals surface area contributed by atoms with Gasteiger partial charge in [-0.1, -0.05) is 12.1 Å². The van der Waals surface area contributed by atoms with Crippen LogP contribution in [0, 0.1) is 6.92 Å². The Bertz CT molecular complexity index is 567. The molecule has 4 heteroatoms. The van der Waals surface area contributed by atoms with E-state index in [1.54, 1.807) is 31.3 Å². The van der Waals surface area contributed by atoms with Crippen LogP contribution in [0.4, 0.5) is 0 Å². The van der Waals surface area contributed by atoms with Gasteiger partial charge < -0.3 is 4.74 Å². The van der Waals surface area contributed by atoms with Gasteiger partial charge in [0.05, 0.1) is 12.2 Å². The van der Waals surface area contributed by atoms with Crippen molar-refractivity contribution in [2.45, 2.75) is 13.8 Å². The predicted molar refractivity (Wildman–Crippen MR) is 67.8 cm³/mol. The lowest BCUT2D eigenvalue weighted by atomic mass is 10.1. The van der Waals surface area contributed by atoms with Gasteiger partial charge in [-0.25, -0.2) is 9.97 Å². The van der Waals surface area contributed by atoms with Crippen LogP contribution < -0.4 is 4.74 Å². The molecule has 0 N–H and O–H groups in total. The summed E-state index contributed by atoms with van der Waals surface area (Å²) < 4.78 is 5.45. The standard InChI is InChI=1S/C14H14N2O2/c1-3-18-13-7-5-4-6-11(13)14(17)12-8-9-15-10(2)16-12/h4-9H,3H2,1-2H3. The van der Waals surface area contributed by atoms with Gasteiger partial charge in [0, 0.05) is 6.20 Å². The second-order valence-corrected chi connectivity index (χ2v) is 3.75. The average Bonchev–Trinajstić information content (AvgIpc) is 2.39. The number of ether oxygens (including phenoxy) is 1. The zero-order chi connectivity index (χ0) is 13.0. The summed E-state index contributed by atoms with van der Waals surface area (Å²) >= 11 is 0. The van der Waals surface area contributed by atoms with Crippen molar-refractivity contribution in [2.24, 2.45) is 0 Å². The molecule has 0 spiro atoms. The number of rotatable bonds is 4. The Morgan fingerprint density at radius 3 is 2.78 bits per heavy atom. The minimum Gasteiger partial charge on any atom is -0.493 e. The van der Waals surface area contributed by atoms with Crippen molar-refractivity contribution in [3.63, 3.8) is 0 Å². The number of ketones is 1. The Morgan fingerprint density at radius 1 is 1.28 bits per heavy atom. The number of hydrogen-bond donors (Lipinski definition) is 0. The summed E-state index contributed by atoms with van der Waals surface area (Å²) in [6.45, 7) is 4.16. The molecule has 1 aromatic carbocycles. The van der Waals surface area contributed by atoms with Crippen molar-refractivity contribution in [1.82, 2.24) is 9.97 Å². The van der Waals surface area contributed by atoms with E-state index in [1.807, 2.05) is 19.1 Å². The molecule has 0 radical (unpaired) electrons. The highest BCUT2D eigenvalue weighted by molar-refractivity contribution is 6.09. The first-order valence-corrected chi connectivity index (χ1v) is 5.78. The number of aryl methyl sites for hydroxylation is 1. The maximum absolute atomic E-state index is 12.3. The third kappa shape index (κ3) is 2.53. The predicted octanol–water partition coefficient (Wildman–Crippen LogP) is 2.41. The molecule has 0 unspecified atom stereocenters. The molecular formula is C14H14N2O2. The van der Waals surface area contributed by atoms with Crippen LogP contribution in [0.5, 0.6) is 5.75 Å². The van der Waals surface area contributed by atoms with E-state index >= 15 is 0 Å². The van der Waals surface area contributed by atoms with Crippen LogP contribution in [0.2, 0.25) is 0 Å². The molecule has 0 aliphatic rings. The first-order chi connectivity index (χ1) is 8.72. The van der Waals surface area contributed by atoms with E-state index in [-0.39, 0.29) is 5.78 Å². The number of aromatic nitrogens is 2. The second-order valence-electron chi connectivity index (χ2n) is 3.75. The zero-order valence-electron chi connectivity index (χ0n) is 10.4. The largest absolute Gasteiger partial charge is 0.493 e. The van der Waals surface area contributed by atoms with Crippen LogP contribution in [-0.4, -0.2) is 22.4 Å². The van der Waals surface area contributed by atoms with Gasteiger partial charge >= 0.3 is 0 Å². The third-order valence-electron chi connectivity index (χ3n) is 2.44. The molecule has 92 valence electrons. The van der Waals surface area contributed by atoms with Gasteiger partial charge in [-0.3, -0.25) is 4.79 Å². The number of carbonyl (C=O) groups is 1. The average molecular weight is 242 g/mol. The zero-order valence-corrected chi connectivity index (χ0v) is 10.4. The third-order valence-corrected chi connectivity index (χ3v) is 2.44. The molecule has 0 atom stereocenters. The van der Waals surface area contributed by atoms with Gasteiger partial charge in [-0.15, -0.1) is 0 Å². The lowest BCUT2D eigenvalue weighted by Gasteiger charge is -2.08. The Hall–Kier alpha value is -2.23. The molecule has 0 amide bonds. The number of para-hydroxylation sites is 1. The molecule has 0 aliphatic carbocycles. The lowest BCUT2D eigenvalue weighted by Crippen LogP contribution is -2.08. The van der Waals surface area contributed by atoms with E-state index in [0.717, 1.165) is 0 Å². The first kappa shape index (κ1) is 12.2. The van der Waals surface area contributed by atoms with Gasteiger partial charge in [0.1, 0.15) is 17.3 Å². The van der Waals surface area contributed by atoms with E-state index in [9.17, 15) is 4.79 Å². The van der Waals surface area contributed by atoms with Gasteiger partial charge in [-0.05, 0) is 32.0 Å². The fourth-order valence-corrected chi connectivity index (χ4v) is 1.66. The van der Waals surface area contributed by atoms with Gasteiger partial charge in [-0.2, -0.15) is 0 Å². The smallest absolute Gasteiger partial charge is 0.215 e. The lowest BCUT2D eigenvalue weighted by molar-refractivity contribution is 0.103. The van der Waals surface area contributed by atoms with Crippen LogP contribution in [-0.2, 0) is 0 Å². The highest BCUT2D eigenvalue weighted by Gasteiger charge is 2.15. The van der Waals surface area contributed by atoms with Crippen LogP contribution in [0.25, 0.3) is 0 Å². The number of carbonyl (C=O) groups excluding carboxylic acids is 1.